The second-order valence-electron chi connectivity index (χ2n) is 8.24. The summed E-state index contributed by atoms with van der Waals surface area (Å²) < 4.78 is 19.0. The molecule has 1 aliphatic heterocycles. The number of aromatic nitrogens is 1. The molecule has 1 aromatic carbocycles. The van der Waals surface area contributed by atoms with Crippen LogP contribution in [0.2, 0.25) is 0 Å². The molecule has 0 unspecified atom stereocenters. The highest BCUT2D eigenvalue weighted by molar-refractivity contribution is 5.97. The molecule has 1 atom stereocenters. The molecule has 1 N–H and O–H groups in total. The first-order valence-electron chi connectivity index (χ1n) is 10.4. The molecule has 2 amide bonds. The van der Waals surface area contributed by atoms with E-state index in [4.69, 9.17) is 4.74 Å². The highest BCUT2D eigenvalue weighted by Crippen LogP contribution is 2.48. The number of rotatable bonds is 4. The van der Waals surface area contributed by atoms with Crippen LogP contribution in [0.25, 0.3) is 0 Å². The molecule has 0 bridgehead atoms. The molecule has 1 saturated heterocycles. The molecule has 1 aliphatic carbocycles. The predicted octanol–water partition coefficient (Wildman–Crippen LogP) is 3.89. The standard InChI is InChI=1S/C23H26FN3O3/c1-30-20-6-5-17(13-19(20)24)26-21(28)18-14-27(15-23(18)9-3-2-4-10-23)22(29)16-7-11-25-12-8-16/h5-8,11-13,18H,2-4,9-10,14-15H2,1H3,(H,26,28)/t18-/m1/s1. The molecular formula is C23H26FN3O3. The van der Waals surface area contributed by atoms with E-state index in [0.29, 0.717) is 24.3 Å². The summed E-state index contributed by atoms with van der Waals surface area (Å²) in [5, 5.41) is 2.86. The molecular weight excluding hydrogens is 385 g/mol. The number of anilines is 1. The van der Waals surface area contributed by atoms with Crippen LogP contribution in [0.3, 0.4) is 0 Å². The molecule has 158 valence electrons. The quantitative estimate of drug-likeness (QED) is 0.829. The zero-order chi connectivity index (χ0) is 21.1. The maximum atomic E-state index is 14.0. The van der Waals surface area contributed by atoms with Crippen LogP contribution in [-0.2, 0) is 4.79 Å². The number of hydrogen-bond donors (Lipinski definition) is 1. The zero-order valence-corrected chi connectivity index (χ0v) is 17.1. The molecule has 2 fully saturated rings. The normalized spacial score (nSPS) is 20.2. The fraction of sp³-hybridized carbons (Fsp3) is 0.435. The Balaban J connectivity index is 1.55. The minimum Gasteiger partial charge on any atom is -0.494 e. The number of halogens is 1. The zero-order valence-electron chi connectivity index (χ0n) is 17.1. The number of methoxy groups -OCH3 is 1. The van der Waals surface area contributed by atoms with Crippen molar-refractivity contribution in [2.45, 2.75) is 32.1 Å². The Morgan fingerprint density at radius 3 is 2.57 bits per heavy atom. The number of nitrogens with zero attached hydrogens (tertiary/aromatic N) is 2. The summed E-state index contributed by atoms with van der Waals surface area (Å²) in [6.07, 6.45) is 8.29. The SMILES string of the molecule is COc1ccc(NC(=O)[C@H]2CN(C(=O)c3ccncc3)CC23CCCCC3)cc1F. The summed E-state index contributed by atoms with van der Waals surface area (Å²) in [5.41, 5.74) is 0.744. The van der Waals surface area contributed by atoms with Gasteiger partial charge >= 0.3 is 0 Å². The van der Waals surface area contributed by atoms with Gasteiger partial charge < -0.3 is 15.0 Å². The van der Waals surface area contributed by atoms with E-state index < -0.39 is 5.82 Å². The highest BCUT2D eigenvalue weighted by atomic mass is 19.1. The summed E-state index contributed by atoms with van der Waals surface area (Å²) in [7, 11) is 1.40. The number of hydrogen-bond acceptors (Lipinski definition) is 4. The van der Waals surface area contributed by atoms with Gasteiger partial charge in [-0.1, -0.05) is 19.3 Å². The number of likely N-dealkylation sites (tertiary alicyclic amines) is 1. The number of nitrogens with one attached hydrogen (secondary N) is 1. The van der Waals surface area contributed by atoms with Crippen LogP contribution in [0.15, 0.2) is 42.7 Å². The molecule has 1 saturated carbocycles. The van der Waals surface area contributed by atoms with E-state index >= 15 is 0 Å². The van der Waals surface area contributed by atoms with E-state index in [1.54, 1.807) is 35.5 Å². The van der Waals surface area contributed by atoms with Gasteiger partial charge in [0.1, 0.15) is 0 Å². The Kier molecular flexibility index (Phi) is 5.70. The molecule has 1 spiro atoms. The third kappa shape index (κ3) is 3.88. The van der Waals surface area contributed by atoms with E-state index in [1.807, 2.05) is 0 Å². The second kappa shape index (κ2) is 8.42. The third-order valence-electron chi connectivity index (χ3n) is 6.45. The molecule has 2 aliphatic rings. The number of carbonyl (C=O) groups is 2. The summed E-state index contributed by atoms with van der Waals surface area (Å²) in [4.78, 5) is 32.0. The average Bonchev–Trinajstić information content (AvgIpc) is 3.13. The summed E-state index contributed by atoms with van der Waals surface area (Å²) >= 11 is 0. The van der Waals surface area contributed by atoms with Gasteiger partial charge in [-0.25, -0.2) is 4.39 Å². The summed E-state index contributed by atoms with van der Waals surface area (Å²) in [6.45, 7) is 0.939. The van der Waals surface area contributed by atoms with Crippen molar-refractivity contribution in [1.82, 2.24) is 9.88 Å². The molecule has 1 aromatic heterocycles. The fourth-order valence-electron chi connectivity index (χ4n) is 4.90. The van der Waals surface area contributed by atoms with Gasteiger partial charge in [-0.15, -0.1) is 0 Å². The van der Waals surface area contributed by atoms with Gasteiger partial charge in [0.15, 0.2) is 11.6 Å². The van der Waals surface area contributed by atoms with E-state index in [9.17, 15) is 14.0 Å². The van der Waals surface area contributed by atoms with Gasteiger partial charge in [0, 0.05) is 48.2 Å². The molecule has 0 radical (unpaired) electrons. The van der Waals surface area contributed by atoms with E-state index in [-0.39, 0.29) is 28.9 Å². The summed E-state index contributed by atoms with van der Waals surface area (Å²) in [6, 6.07) is 7.78. The van der Waals surface area contributed by atoms with Crippen molar-refractivity contribution in [3.05, 3.63) is 54.1 Å². The van der Waals surface area contributed by atoms with Crippen molar-refractivity contribution in [3.63, 3.8) is 0 Å². The lowest BCUT2D eigenvalue weighted by Gasteiger charge is -2.37. The van der Waals surface area contributed by atoms with Gasteiger partial charge in [0.05, 0.1) is 13.0 Å². The topological polar surface area (TPSA) is 71.5 Å². The smallest absolute Gasteiger partial charge is 0.254 e. The second-order valence-corrected chi connectivity index (χ2v) is 8.24. The first-order chi connectivity index (χ1) is 14.5. The van der Waals surface area contributed by atoms with Gasteiger partial charge in [0.25, 0.3) is 5.91 Å². The van der Waals surface area contributed by atoms with Crippen LogP contribution in [-0.4, -0.2) is 41.9 Å². The number of carbonyl (C=O) groups excluding carboxylic acids is 2. The minimum atomic E-state index is -0.524. The van der Waals surface area contributed by atoms with Gasteiger partial charge in [-0.3, -0.25) is 14.6 Å². The largest absolute Gasteiger partial charge is 0.494 e. The van der Waals surface area contributed by atoms with Crippen LogP contribution < -0.4 is 10.1 Å². The molecule has 4 rings (SSSR count). The predicted molar refractivity (Wildman–Crippen MR) is 111 cm³/mol. The monoisotopic (exact) mass is 411 g/mol. The molecule has 2 aromatic rings. The molecule has 2 heterocycles. The lowest BCUT2D eigenvalue weighted by atomic mass is 9.67. The van der Waals surface area contributed by atoms with Crippen molar-refractivity contribution in [2.24, 2.45) is 11.3 Å². The maximum Gasteiger partial charge on any atom is 0.254 e. The van der Waals surface area contributed by atoms with Crippen LogP contribution in [0.1, 0.15) is 42.5 Å². The van der Waals surface area contributed by atoms with Crippen molar-refractivity contribution >= 4 is 17.5 Å². The Morgan fingerprint density at radius 1 is 1.17 bits per heavy atom. The minimum absolute atomic E-state index is 0.0758. The Labute approximate surface area is 175 Å². The first kappa shape index (κ1) is 20.3. The van der Waals surface area contributed by atoms with Crippen LogP contribution in [0, 0.1) is 17.2 Å². The molecule has 30 heavy (non-hydrogen) atoms. The van der Waals surface area contributed by atoms with Gasteiger partial charge in [0.2, 0.25) is 5.91 Å². The molecule has 7 heteroatoms. The Bertz CT molecular complexity index is 929. The van der Waals surface area contributed by atoms with Crippen molar-refractivity contribution < 1.29 is 18.7 Å². The number of benzene rings is 1. The van der Waals surface area contributed by atoms with Gasteiger partial charge in [-0.05, 0) is 37.1 Å². The van der Waals surface area contributed by atoms with Crippen molar-refractivity contribution in [2.75, 3.05) is 25.5 Å². The van der Waals surface area contributed by atoms with Crippen LogP contribution in [0.4, 0.5) is 10.1 Å². The lowest BCUT2D eigenvalue weighted by Crippen LogP contribution is -2.39. The van der Waals surface area contributed by atoms with Crippen molar-refractivity contribution in [1.29, 1.82) is 0 Å². The van der Waals surface area contributed by atoms with E-state index in [0.717, 1.165) is 32.1 Å². The number of pyridine rings is 1. The van der Waals surface area contributed by atoms with Gasteiger partial charge in [-0.2, -0.15) is 0 Å². The average molecular weight is 411 g/mol. The Hall–Kier alpha value is -2.96. The summed E-state index contributed by atoms with van der Waals surface area (Å²) in [5.74, 6) is -0.955. The third-order valence-corrected chi connectivity index (χ3v) is 6.45. The molecule has 6 nitrogen and oxygen atoms in total. The van der Waals surface area contributed by atoms with Crippen LogP contribution in [0.5, 0.6) is 5.75 Å². The fourth-order valence-corrected chi connectivity index (χ4v) is 4.90. The Morgan fingerprint density at radius 2 is 1.90 bits per heavy atom. The van der Waals surface area contributed by atoms with Crippen LogP contribution >= 0.6 is 0 Å². The lowest BCUT2D eigenvalue weighted by molar-refractivity contribution is -0.123. The number of ether oxygens (including phenoxy) is 1. The van der Waals surface area contributed by atoms with E-state index in [1.165, 1.54) is 19.2 Å². The first-order valence-corrected chi connectivity index (χ1v) is 10.4. The van der Waals surface area contributed by atoms with E-state index in [2.05, 4.69) is 10.3 Å². The van der Waals surface area contributed by atoms with Crippen molar-refractivity contribution in [3.8, 4) is 5.75 Å². The highest BCUT2D eigenvalue weighted by Gasteiger charge is 2.51. The maximum absolute atomic E-state index is 14.0. The number of amides is 2.